The van der Waals surface area contributed by atoms with E-state index in [4.69, 9.17) is 5.73 Å². The average molecular weight is 234 g/mol. The Hall–Kier alpha value is -1.02. The molecule has 96 valence electrons. The minimum Gasteiger partial charge on any atom is -0.378 e. The molecule has 0 bridgehead atoms. The molecule has 0 spiro atoms. The summed E-state index contributed by atoms with van der Waals surface area (Å²) in [4.78, 5) is 0. The summed E-state index contributed by atoms with van der Waals surface area (Å²) in [5, 5.41) is 3.65. The zero-order valence-corrected chi connectivity index (χ0v) is 11.4. The molecule has 0 aliphatic carbocycles. The van der Waals surface area contributed by atoms with Gasteiger partial charge in [-0.3, -0.25) is 0 Å². The van der Waals surface area contributed by atoms with Crippen LogP contribution in [0.25, 0.3) is 0 Å². The molecular formula is C15H26N2. The van der Waals surface area contributed by atoms with Crippen LogP contribution in [-0.4, -0.2) is 12.1 Å². The quantitative estimate of drug-likeness (QED) is 0.755. The van der Waals surface area contributed by atoms with Crippen molar-refractivity contribution >= 4 is 5.69 Å². The summed E-state index contributed by atoms with van der Waals surface area (Å²) in [6.45, 7) is 7.24. The summed E-state index contributed by atoms with van der Waals surface area (Å²) >= 11 is 0. The van der Waals surface area contributed by atoms with Gasteiger partial charge in [-0.25, -0.2) is 0 Å². The van der Waals surface area contributed by atoms with Crippen LogP contribution < -0.4 is 11.1 Å². The van der Waals surface area contributed by atoms with Gasteiger partial charge < -0.3 is 11.1 Å². The van der Waals surface area contributed by atoms with Crippen molar-refractivity contribution in [3.8, 4) is 0 Å². The van der Waals surface area contributed by atoms with Crippen molar-refractivity contribution < 1.29 is 0 Å². The monoisotopic (exact) mass is 234 g/mol. The van der Waals surface area contributed by atoms with Crippen LogP contribution in [0, 0.1) is 6.92 Å². The van der Waals surface area contributed by atoms with Gasteiger partial charge in [-0.05, 0) is 31.9 Å². The van der Waals surface area contributed by atoms with Crippen molar-refractivity contribution in [2.24, 2.45) is 5.73 Å². The Morgan fingerprint density at radius 1 is 1.06 bits per heavy atom. The van der Waals surface area contributed by atoms with Crippen LogP contribution in [0.15, 0.2) is 24.3 Å². The summed E-state index contributed by atoms with van der Waals surface area (Å²) in [6, 6.07) is 8.57. The van der Waals surface area contributed by atoms with Gasteiger partial charge >= 0.3 is 0 Å². The third-order valence-electron chi connectivity index (χ3n) is 3.31. The minimum absolute atomic E-state index is 0.0682. The number of benzene rings is 1. The molecule has 0 heterocycles. The fourth-order valence-corrected chi connectivity index (χ4v) is 2.41. The van der Waals surface area contributed by atoms with Crippen LogP contribution in [0.2, 0.25) is 0 Å². The van der Waals surface area contributed by atoms with E-state index in [9.17, 15) is 0 Å². The molecule has 0 atom stereocenters. The number of nitrogens with one attached hydrogen (secondary N) is 1. The number of aryl methyl sites for hydroxylation is 1. The first-order chi connectivity index (χ1) is 8.15. The molecule has 3 N–H and O–H groups in total. The Kier molecular flexibility index (Phi) is 5.49. The van der Waals surface area contributed by atoms with Crippen molar-refractivity contribution in [2.45, 2.75) is 52.0 Å². The summed E-state index contributed by atoms with van der Waals surface area (Å²) in [5.41, 5.74) is 8.54. The van der Waals surface area contributed by atoms with Gasteiger partial charge in [-0.2, -0.15) is 0 Å². The summed E-state index contributed by atoms with van der Waals surface area (Å²) in [6.07, 6.45) is 4.59. The van der Waals surface area contributed by atoms with E-state index in [0.717, 1.165) is 25.7 Å². The number of rotatable bonds is 7. The smallest absolute Gasteiger partial charge is 0.0495 e. The Morgan fingerprint density at radius 3 is 2.00 bits per heavy atom. The number of nitrogens with two attached hydrogens (primary N) is 1. The highest BCUT2D eigenvalue weighted by atomic mass is 15.0. The SMILES string of the molecule is CCCC(CN)(CCC)Nc1ccc(C)cc1. The molecule has 0 saturated heterocycles. The Morgan fingerprint density at radius 2 is 1.59 bits per heavy atom. The van der Waals surface area contributed by atoms with E-state index < -0.39 is 0 Å². The predicted molar refractivity (Wildman–Crippen MR) is 76.4 cm³/mol. The van der Waals surface area contributed by atoms with Gasteiger partial charge in [0.25, 0.3) is 0 Å². The van der Waals surface area contributed by atoms with Gasteiger partial charge in [-0.1, -0.05) is 44.4 Å². The van der Waals surface area contributed by atoms with Gasteiger partial charge in [0.1, 0.15) is 0 Å². The molecule has 0 aromatic heterocycles. The number of anilines is 1. The molecule has 0 unspecified atom stereocenters. The first-order valence-electron chi connectivity index (χ1n) is 6.70. The molecule has 0 fully saturated rings. The fraction of sp³-hybridized carbons (Fsp3) is 0.600. The van der Waals surface area contributed by atoms with E-state index in [-0.39, 0.29) is 5.54 Å². The first-order valence-corrected chi connectivity index (χ1v) is 6.70. The van der Waals surface area contributed by atoms with E-state index in [2.05, 4.69) is 50.4 Å². The van der Waals surface area contributed by atoms with Gasteiger partial charge in [0.05, 0.1) is 0 Å². The molecule has 17 heavy (non-hydrogen) atoms. The van der Waals surface area contributed by atoms with E-state index >= 15 is 0 Å². The van der Waals surface area contributed by atoms with Gasteiger partial charge in [0, 0.05) is 17.8 Å². The first kappa shape index (κ1) is 14.0. The largest absolute Gasteiger partial charge is 0.378 e. The topological polar surface area (TPSA) is 38.0 Å². The predicted octanol–water partition coefficient (Wildman–Crippen LogP) is 3.70. The van der Waals surface area contributed by atoms with Crippen LogP contribution in [0.5, 0.6) is 0 Å². The lowest BCUT2D eigenvalue weighted by Gasteiger charge is -2.34. The van der Waals surface area contributed by atoms with Crippen molar-refractivity contribution in [1.29, 1.82) is 0 Å². The lowest BCUT2D eigenvalue weighted by atomic mass is 9.88. The zero-order valence-electron chi connectivity index (χ0n) is 11.4. The molecule has 0 aliphatic rings. The molecule has 1 rings (SSSR count). The summed E-state index contributed by atoms with van der Waals surface area (Å²) in [7, 11) is 0. The Balaban J connectivity index is 2.80. The summed E-state index contributed by atoms with van der Waals surface area (Å²) < 4.78 is 0. The zero-order chi connectivity index (χ0) is 12.7. The molecule has 1 aromatic carbocycles. The average Bonchev–Trinajstić information content (AvgIpc) is 2.33. The normalized spacial score (nSPS) is 11.5. The Labute approximate surface area is 106 Å². The standard InChI is InChI=1S/C15H26N2/c1-4-10-15(12-16,11-5-2)17-14-8-6-13(3)7-9-14/h6-9,17H,4-5,10-12,16H2,1-3H3. The third kappa shape index (κ3) is 4.04. The molecule has 0 radical (unpaired) electrons. The second-order valence-corrected chi connectivity index (χ2v) is 4.98. The van der Waals surface area contributed by atoms with Gasteiger partial charge in [0.2, 0.25) is 0 Å². The maximum atomic E-state index is 6.00. The van der Waals surface area contributed by atoms with E-state index in [0.29, 0.717) is 6.54 Å². The number of hydrogen-bond donors (Lipinski definition) is 2. The van der Waals surface area contributed by atoms with Crippen LogP contribution in [0.3, 0.4) is 0 Å². The number of hydrogen-bond acceptors (Lipinski definition) is 2. The van der Waals surface area contributed by atoms with Crippen molar-refractivity contribution in [3.05, 3.63) is 29.8 Å². The molecule has 2 heteroatoms. The maximum Gasteiger partial charge on any atom is 0.0495 e. The highest BCUT2D eigenvalue weighted by molar-refractivity contribution is 5.47. The second kappa shape index (κ2) is 6.65. The lowest BCUT2D eigenvalue weighted by molar-refractivity contribution is 0.401. The summed E-state index contributed by atoms with van der Waals surface area (Å²) in [5.74, 6) is 0. The fourth-order valence-electron chi connectivity index (χ4n) is 2.41. The van der Waals surface area contributed by atoms with Crippen molar-refractivity contribution in [3.63, 3.8) is 0 Å². The van der Waals surface area contributed by atoms with Crippen LogP contribution in [0.1, 0.15) is 45.1 Å². The molecular weight excluding hydrogens is 208 g/mol. The van der Waals surface area contributed by atoms with Crippen LogP contribution in [-0.2, 0) is 0 Å². The van der Waals surface area contributed by atoms with Gasteiger partial charge in [-0.15, -0.1) is 0 Å². The highest BCUT2D eigenvalue weighted by Crippen LogP contribution is 2.24. The van der Waals surface area contributed by atoms with E-state index in [1.54, 1.807) is 0 Å². The Bertz CT molecular complexity index is 310. The van der Waals surface area contributed by atoms with Crippen LogP contribution in [0.4, 0.5) is 5.69 Å². The molecule has 1 aromatic rings. The molecule has 0 aliphatic heterocycles. The van der Waals surface area contributed by atoms with Crippen LogP contribution >= 0.6 is 0 Å². The van der Waals surface area contributed by atoms with E-state index in [1.165, 1.54) is 11.3 Å². The molecule has 0 saturated carbocycles. The molecule has 2 nitrogen and oxygen atoms in total. The van der Waals surface area contributed by atoms with Gasteiger partial charge in [0.15, 0.2) is 0 Å². The van der Waals surface area contributed by atoms with Crippen molar-refractivity contribution in [1.82, 2.24) is 0 Å². The highest BCUT2D eigenvalue weighted by Gasteiger charge is 2.26. The minimum atomic E-state index is 0.0682. The van der Waals surface area contributed by atoms with Crippen molar-refractivity contribution in [2.75, 3.05) is 11.9 Å². The van der Waals surface area contributed by atoms with E-state index in [1.807, 2.05) is 0 Å². The molecule has 0 amide bonds. The lowest BCUT2D eigenvalue weighted by Crippen LogP contribution is -2.45. The second-order valence-electron chi connectivity index (χ2n) is 4.98. The third-order valence-corrected chi connectivity index (χ3v) is 3.31. The maximum absolute atomic E-state index is 6.00.